The highest BCUT2D eigenvalue weighted by Crippen LogP contribution is 2.50. The number of allylic oxidation sites excluding steroid dienone is 7. The van der Waals surface area contributed by atoms with Gasteiger partial charge in [-0.3, -0.25) is 20.3 Å². The van der Waals surface area contributed by atoms with E-state index >= 15 is 0 Å². The zero-order valence-corrected chi connectivity index (χ0v) is 18.4. The number of rotatable bonds is 6. The molecule has 0 aromatic carbocycles. The van der Waals surface area contributed by atoms with E-state index in [-0.39, 0.29) is 17.5 Å². The van der Waals surface area contributed by atoms with Crippen molar-refractivity contribution in [1.29, 1.82) is 5.41 Å². The van der Waals surface area contributed by atoms with Crippen molar-refractivity contribution in [2.24, 2.45) is 16.7 Å². The standard InChI is InChI=1S/C23H30ClN3O2/c1-7-10-17(15(4)8-2)18(13-16(24)9-3)27-12-11-23(22(5,6)14-27)19(25)20(28)26-21(23)29/h7-10,13,15,25H,1-2,11-12,14H2,3-6H3,(H,26,28,29)/b16-9+,17-10+,18-13+,25-19?. The SMILES string of the molecule is C=C/C=C(/C(=C\C(Cl)=C/C)N1CCC2(C(=N)C(=O)NC2=O)C(C)(C)C1)C(C)C=C. The Morgan fingerprint density at radius 1 is 1.34 bits per heavy atom. The van der Waals surface area contributed by atoms with Crippen molar-refractivity contribution >= 4 is 29.1 Å². The summed E-state index contributed by atoms with van der Waals surface area (Å²) in [7, 11) is 0. The van der Waals surface area contributed by atoms with E-state index in [0.29, 0.717) is 24.5 Å². The van der Waals surface area contributed by atoms with Gasteiger partial charge in [-0.05, 0) is 25.0 Å². The van der Waals surface area contributed by atoms with E-state index in [1.807, 2.05) is 45.1 Å². The first-order valence-corrected chi connectivity index (χ1v) is 10.1. The van der Waals surface area contributed by atoms with Gasteiger partial charge in [0.2, 0.25) is 5.91 Å². The highest BCUT2D eigenvalue weighted by Gasteiger charge is 2.62. The number of imide groups is 1. The number of piperidine rings is 1. The molecule has 2 fully saturated rings. The summed E-state index contributed by atoms with van der Waals surface area (Å²) in [6, 6.07) is 0. The smallest absolute Gasteiger partial charge is 0.272 e. The molecule has 0 bridgehead atoms. The second-order valence-electron chi connectivity index (χ2n) is 8.20. The third kappa shape index (κ3) is 3.88. The fourth-order valence-corrected chi connectivity index (χ4v) is 4.40. The van der Waals surface area contributed by atoms with Crippen LogP contribution < -0.4 is 5.32 Å². The quantitative estimate of drug-likeness (QED) is 0.385. The van der Waals surface area contributed by atoms with Gasteiger partial charge in [-0.1, -0.05) is 63.3 Å². The van der Waals surface area contributed by atoms with Gasteiger partial charge in [-0.25, -0.2) is 0 Å². The molecule has 2 aliphatic rings. The molecular formula is C23H30ClN3O2. The van der Waals surface area contributed by atoms with Gasteiger partial charge in [0.15, 0.2) is 0 Å². The highest BCUT2D eigenvalue weighted by molar-refractivity contribution is 6.51. The Morgan fingerprint density at radius 3 is 2.45 bits per heavy atom. The van der Waals surface area contributed by atoms with Gasteiger partial charge in [-0.2, -0.15) is 0 Å². The van der Waals surface area contributed by atoms with Crippen molar-refractivity contribution in [3.8, 4) is 0 Å². The molecule has 29 heavy (non-hydrogen) atoms. The number of carbonyl (C=O) groups is 2. The van der Waals surface area contributed by atoms with Crippen LogP contribution in [0.25, 0.3) is 0 Å². The Balaban J connectivity index is 2.52. The minimum atomic E-state index is -1.11. The molecule has 2 aliphatic heterocycles. The Hall–Kier alpha value is -2.40. The van der Waals surface area contributed by atoms with Crippen LogP contribution in [0, 0.1) is 22.2 Å². The summed E-state index contributed by atoms with van der Waals surface area (Å²) in [5, 5.41) is 11.3. The van der Waals surface area contributed by atoms with Gasteiger partial charge in [0, 0.05) is 35.2 Å². The van der Waals surface area contributed by atoms with E-state index < -0.39 is 16.7 Å². The number of carbonyl (C=O) groups excluding carboxylic acids is 2. The molecule has 2 rings (SSSR count). The van der Waals surface area contributed by atoms with Crippen LogP contribution >= 0.6 is 11.6 Å². The Bertz CT molecular complexity index is 850. The summed E-state index contributed by atoms with van der Waals surface area (Å²) >= 11 is 6.36. The Kier molecular flexibility index (Phi) is 6.74. The highest BCUT2D eigenvalue weighted by atomic mass is 35.5. The predicted molar refractivity (Wildman–Crippen MR) is 119 cm³/mol. The summed E-state index contributed by atoms with van der Waals surface area (Å²) < 4.78 is 0. The maximum Gasteiger partial charge on any atom is 0.272 e. The molecule has 2 heterocycles. The summed E-state index contributed by atoms with van der Waals surface area (Å²) in [5.41, 5.74) is 0.0769. The minimum Gasteiger partial charge on any atom is -0.371 e. The molecule has 0 saturated carbocycles. The summed E-state index contributed by atoms with van der Waals surface area (Å²) in [6.45, 7) is 16.6. The lowest BCUT2D eigenvalue weighted by Gasteiger charge is -2.51. The average molecular weight is 416 g/mol. The lowest BCUT2D eigenvalue weighted by atomic mass is 9.59. The van der Waals surface area contributed by atoms with E-state index in [1.165, 1.54) is 0 Å². The molecule has 2 amide bonds. The van der Waals surface area contributed by atoms with Crippen LogP contribution in [0.1, 0.15) is 34.1 Å². The molecule has 1 spiro atoms. The molecular weight excluding hydrogens is 386 g/mol. The van der Waals surface area contributed by atoms with Crippen molar-refractivity contribution in [3.63, 3.8) is 0 Å². The van der Waals surface area contributed by atoms with Gasteiger partial charge < -0.3 is 4.90 Å². The molecule has 0 aromatic heterocycles. The molecule has 2 saturated heterocycles. The first-order valence-electron chi connectivity index (χ1n) is 9.74. The zero-order valence-electron chi connectivity index (χ0n) is 17.6. The fraction of sp³-hybridized carbons (Fsp3) is 0.435. The van der Waals surface area contributed by atoms with E-state index in [2.05, 4.69) is 30.3 Å². The largest absolute Gasteiger partial charge is 0.371 e. The number of amides is 2. The molecule has 2 unspecified atom stereocenters. The van der Waals surface area contributed by atoms with Gasteiger partial charge in [0.05, 0.1) is 0 Å². The summed E-state index contributed by atoms with van der Waals surface area (Å²) in [6.07, 6.45) is 9.66. The molecule has 0 aromatic rings. The van der Waals surface area contributed by atoms with Crippen LogP contribution in [0.3, 0.4) is 0 Å². The fourth-order valence-electron chi connectivity index (χ4n) is 4.30. The summed E-state index contributed by atoms with van der Waals surface area (Å²) in [4.78, 5) is 26.9. The number of nitrogens with one attached hydrogen (secondary N) is 2. The number of likely N-dealkylation sites (tertiary alicyclic amines) is 1. The molecule has 0 radical (unpaired) electrons. The predicted octanol–water partition coefficient (Wildman–Crippen LogP) is 4.34. The first-order chi connectivity index (χ1) is 13.6. The van der Waals surface area contributed by atoms with Gasteiger partial charge in [0.25, 0.3) is 5.91 Å². The average Bonchev–Trinajstić information content (AvgIpc) is 2.89. The topological polar surface area (TPSA) is 73.3 Å². The van der Waals surface area contributed by atoms with E-state index in [0.717, 1.165) is 11.3 Å². The molecule has 156 valence electrons. The Morgan fingerprint density at radius 2 is 2.00 bits per heavy atom. The monoisotopic (exact) mass is 415 g/mol. The minimum absolute atomic E-state index is 0.0641. The number of hydrogen-bond acceptors (Lipinski definition) is 4. The van der Waals surface area contributed by atoms with Crippen LogP contribution in [-0.4, -0.2) is 35.5 Å². The first kappa shape index (κ1) is 22.9. The second kappa shape index (κ2) is 8.54. The van der Waals surface area contributed by atoms with Crippen molar-refractivity contribution in [1.82, 2.24) is 10.2 Å². The van der Waals surface area contributed by atoms with Crippen molar-refractivity contribution in [2.75, 3.05) is 13.1 Å². The van der Waals surface area contributed by atoms with Gasteiger partial charge in [-0.15, -0.1) is 6.58 Å². The Labute approximate surface area is 178 Å². The zero-order chi connectivity index (χ0) is 22.0. The third-order valence-corrected chi connectivity index (χ3v) is 6.42. The molecule has 5 nitrogen and oxygen atoms in total. The number of nitrogens with zero attached hydrogens (tertiary/aromatic N) is 1. The van der Waals surface area contributed by atoms with Gasteiger partial charge >= 0.3 is 0 Å². The summed E-state index contributed by atoms with van der Waals surface area (Å²) in [5.74, 6) is -0.888. The van der Waals surface area contributed by atoms with E-state index in [4.69, 9.17) is 17.0 Å². The van der Waals surface area contributed by atoms with Crippen molar-refractivity contribution in [2.45, 2.75) is 34.1 Å². The van der Waals surface area contributed by atoms with Crippen LogP contribution in [0.5, 0.6) is 0 Å². The van der Waals surface area contributed by atoms with Crippen LogP contribution in [0.15, 0.2) is 59.8 Å². The second-order valence-corrected chi connectivity index (χ2v) is 8.64. The third-order valence-electron chi connectivity index (χ3n) is 6.10. The van der Waals surface area contributed by atoms with Gasteiger partial charge in [0.1, 0.15) is 11.1 Å². The van der Waals surface area contributed by atoms with E-state index in [1.54, 1.807) is 6.08 Å². The van der Waals surface area contributed by atoms with Crippen molar-refractivity contribution in [3.05, 3.63) is 59.8 Å². The molecule has 2 atom stereocenters. The van der Waals surface area contributed by atoms with Crippen LogP contribution in [-0.2, 0) is 9.59 Å². The number of hydrogen-bond donors (Lipinski definition) is 2. The van der Waals surface area contributed by atoms with Crippen LogP contribution in [0.4, 0.5) is 0 Å². The van der Waals surface area contributed by atoms with E-state index in [9.17, 15) is 9.59 Å². The lowest BCUT2D eigenvalue weighted by Crippen LogP contribution is -2.58. The van der Waals surface area contributed by atoms with Crippen LogP contribution in [0.2, 0.25) is 0 Å². The molecule has 0 aliphatic carbocycles. The maximum absolute atomic E-state index is 12.7. The number of halogens is 1. The maximum atomic E-state index is 12.7. The van der Waals surface area contributed by atoms with Crippen molar-refractivity contribution < 1.29 is 9.59 Å². The molecule has 2 N–H and O–H groups in total. The lowest BCUT2D eigenvalue weighted by molar-refractivity contribution is -0.134. The normalized spacial score (nSPS) is 26.6. The molecule has 6 heteroatoms.